The zero-order chi connectivity index (χ0) is 16.9. The molecule has 4 rings (SSSR count). The van der Waals surface area contributed by atoms with Crippen molar-refractivity contribution in [3.8, 4) is 0 Å². The smallest absolute Gasteiger partial charge is 0.358 e. The maximum atomic E-state index is 12.5. The second-order valence-corrected chi connectivity index (χ2v) is 7.90. The summed E-state index contributed by atoms with van der Waals surface area (Å²) in [6.45, 7) is 0. The van der Waals surface area contributed by atoms with Crippen LogP contribution in [-0.4, -0.2) is 24.4 Å². The normalized spacial score (nSPS) is 24.8. The number of hydrogen-bond donors (Lipinski definition) is 1. The average Bonchev–Trinajstić information content (AvgIpc) is 3.27. The van der Waals surface area contributed by atoms with Gasteiger partial charge < -0.3 is 10.1 Å². The van der Waals surface area contributed by atoms with Crippen molar-refractivity contribution in [3.63, 3.8) is 0 Å². The number of nitrogens with one attached hydrogen (secondary N) is 1. The van der Waals surface area contributed by atoms with E-state index in [1.165, 1.54) is 17.2 Å². The second kappa shape index (κ2) is 5.35. The molecule has 0 aliphatic heterocycles. The van der Waals surface area contributed by atoms with Gasteiger partial charge in [-0.25, -0.2) is 13.1 Å². The van der Waals surface area contributed by atoms with E-state index in [1.54, 1.807) is 0 Å². The predicted molar refractivity (Wildman–Crippen MR) is 86.0 cm³/mol. The molecule has 0 radical (unpaired) electrons. The first kappa shape index (κ1) is 15.2. The zero-order valence-corrected chi connectivity index (χ0v) is 13.4. The minimum Gasteiger partial charge on any atom is -0.358 e. The van der Waals surface area contributed by atoms with E-state index in [2.05, 4.69) is 21.8 Å². The third-order valence-electron chi connectivity index (χ3n) is 4.84. The molecule has 8 heteroatoms. The van der Waals surface area contributed by atoms with Crippen molar-refractivity contribution in [2.24, 2.45) is 5.92 Å². The molecule has 7 nitrogen and oxygen atoms in total. The molecule has 1 heterocycles. The summed E-state index contributed by atoms with van der Waals surface area (Å²) in [6, 6.07) is 10.3. The molecule has 1 fully saturated rings. The Morgan fingerprint density at radius 3 is 2.71 bits per heavy atom. The van der Waals surface area contributed by atoms with Gasteiger partial charge >= 0.3 is 5.82 Å². The highest BCUT2D eigenvalue weighted by molar-refractivity contribution is 7.89. The van der Waals surface area contributed by atoms with Gasteiger partial charge in [0.1, 0.15) is 4.90 Å². The van der Waals surface area contributed by atoms with Crippen LogP contribution >= 0.6 is 0 Å². The molecular weight excluding hydrogens is 330 g/mol. The van der Waals surface area contributed by atoms with Gasteiger partial charge in [0.05, 0.1) is 0 Å². The predicted octanol–water partition coefficient (Wildman–Crippen LogP) is 2.00. The lowest BCUT2D eigenvalue weighted by Gasteiger charge is -2.13. The number of nitro groups is 1. The number of aryl methyl sites for hydroxylation is 1. The molecule has 1 aromatic heterocycles. The molecule has 0 spiro atoms. The Hall–Kier alpha value is -2.32. The molecule has 3 atom stereocenters. The lowest BCUT2D eigenvalue weighted by Crippen LogP contribution is -2.27. The van der Waals surface area contributed by atoms with Gasteiger partial charge in [-0.1, -0.05) is 24.3 Å². The lowest BCUT2D eigenvalue weighted by molar-refractivity contribution is -0.389. The van der Waals surface area contributed by atoms with Crippen LogP contribution in [0.2, 0.25) is 0 Å². The molecule has 0 saturated heterocycles. The number of sulfonamides is 1. The van der Waals surface area contributed by atoms with Crippen LogP contribution in [0.5, 0.6) is 0 Å². The van der Waals surface area contributed by atoms with Gasteiger partial charge in [0, 0.05) is 18.0 Å². The summed E-state index contributed by atoms with van der Waals surface area (Å²) in [4.78, 5) is 13.5. The van der Waals surface area contributed by atoms with Crippen LogP contribution in [0.25, 0.3) is 0 Å². The first-order chi connectivity index (χ1) is 11.5. The van der Waals surface area contributed by atoms with Gasteiger partial charge in [0.25, 0.3) is 0 Å². The van der Waals surface area contributed by atoms with Crippen LogP contribution in [0.3, 0.4) is 0 Å². The Bertz CT molecular complexity index is 911. The van der Waals surface area contributed by atoms with Crippen molar-refractivity contribution in [1.29, 1.82) is 0 Å². The molecule has 0 bridgehead atoms. The standard InChI is InChI=1S/C16H15N3O4S/c20-19(21)14-8-6-11(9-17-14)24(22,23)18-16-13-7-5-10-3-1-2-4-12(10)15(13)16/h1-4,6,8-9,13,15-16,18H,5,7H2/t13-,15-,16+/m0/s1. The average molecular weight is 345 g/mol. The fourth-order valence-corrected chi connectivity index (χ4v) is 4.87. The number of pyridine rings is 1. The topological polar surface area (TPSA) is 102 Å². The number of nitrogens with zero attached hydrogens (tertiary/aromatic N) is 2. The van der Waals surface area contributed by atoms with E-state index < -0.39 is 14.9 Å². The molecule has 0 unspecified atom stereocenters. The summed E-state index contributed by atoms with van der Waals surface area (Å²) >= 11 is 0. The van der Waals surface area contributed by atoms with Gasteiger partial charge in [0.15, 0.2) is 6.20 Å². The third-order valence-corrected chi connectivity index (χ3v) is 6.28. The number of benzene rings is 1. The highest BCUT2D eigenvalue weighted by atomic mass is 32.2. The van der Waals surface area contributed by atoms with Gasteiger partial charge in [-0.15, -0.1) is 0 Å². The molecule has 124 valence electrons. The fourth-order valence-electron chi connectivity index (χ4n) is 3.61. The second-order valence-electron chi connectivity index (χ2n) is 6.18. The number of rotatable bonds is 4. The number of fused-ring (bicyclic) bond motifs is 3. The summed E-state index contributed by atoms with van der Waals surface area (Å²) in [7, 11) is -3.74. The van der Waals surface area contributed by atoms with Crippen molar-refractivity contribution in [2.75, 3.05) is 0 Å². The molecule has 0 amide bonds. The molecule has 24 heavy (non-hydrogen) atoms. The zero-order valence-electron chi connectivity index (χ0n) is 12.6. The van der Waals surface area contributed by atoms with Crippen molar-refractivity contribution in [2.45, 2.75) is 29.7 Å². The van der Waals surface area contributed by atoms with Gasteiger partial charge in [-0.05, 0) is 45.9 Å². The summed E-state index contributed by atoms with van der Waals surface area (Å²) in [5.74, 6) is 0.166. The van der Waals surface area contributed by atoms with E-state index >= 15 is 0 Å². The van der Waals surface area contributed by atoms with E-state index in [-0.39, 0.29) is 22.7 Å². The SMILES string of the molecule is O=[N+]([O-])c1ccc(S(=O)(=O)N[C@@H]2[C@H]3CCc4ccccc4[C@@H]32)cn1. The molecule has 1 N–H and O–H groups in total. The number of hydrogen-bond acceptors (Lipinski definition) is 5. The largest absolute Gasteiger partial charge is 0.363 e. The highest BCUT2D eigenvalue weighted by Crippen LogP contribution is 2.54. The minimum absolute atomic E-state index is 0.0509. The molecule has 1 saturated carbocycles. The Kier molecular flexibility index (Phi) is 3.40. The Morgan fingerprint density at radius 1 is 1.21 bits per heavy atom. The quantitative estimate of drug-likeness (QED) is 0.674. The van der Waals surface area contributed by atoms with E-state index in [9.17, 15) is 18.5 Å². The maximum absolute atomic E-state index is 12.5. The Labute approximate surface area is 138 Å². The number of aromatic nitrogens is 1. The van der Waals surface area contributed by atoms with Crippen molar-refractivity contribution in [1.82, 2.24) is 9.71 Å². The van der Waals surface area contributed by atoms with Crippen LogP contribution < -0.4 is 4.72 Å². The van der Waals surface area contributed by atoms with Gasteiger partial charge in [-0.3, -0.25) is 0 Å². The Morgan fingerprint density at radius 2 is 2.00 bits per heavy atom. The summed E-state index contributed by atoms with van der Waals surface area (Å²) in [6.07, 6.45) is 2.96. The van der Waals surface area contributed by atoms with E-state index in [0.717, 1.165) is 25.1 Å². The monoisotopic (exact) mass is 345 g/mol. The summed E-state index contributed by atoms with van der Waals surface area (Å²) in [5, 5.41) is 10.6. The summed E-state index contributed by atoms with van der Waals surface area (Å²) < 4.78 is 27.7. The lowest BCUT2D eigenvalue weighted by atomic mass is 9.92. The van der Waals surface area contributed by atoms with Crippen LogP contribution in [-0.2, 0) is 16.4 Å². The van der Waals surface area contributed by atoms with E-state index in [1.807, 2.05) is 12.1 Å². The Balaban J connectivity index is 1.55. The highest BCUT2D eigenvalue weighted by Gasteiger charge is 2.54. The molecule has 2 aromatic rings. The first-order valence-electron chi connectivity index (χ1n) is 7.68. The molecule has 2 aliphatic rings. The maximum Gasteiger partial charge on any atom is 0.363 e. The van der Waals surface area contributed by atoms with Gasteiger partial charge in [-0.2, -0.15) is 0 Å². The van der Waals surface area contributed by atoms with Gasteiger partial charge in [0.2, 0.25) is 10.0 Å². The minimum atomic E-state index is -3.74. The van der Waals surface area contributed by atoms with Crippen LogP contribution in [0.1, 0.15) is 23.5 Å². The van der Waals surface area contributed by atoms with Crippen molar-refractivity contribution >= 4 is 15.8 Å². The molecule has 1 aromatic carbocycles. The third kappa shape index (κ3) is 2.47. The molecule has 2 aliphatic carbocycles. The van der Waals surface area contributed by atoms with Crippen LogP contribution in [0.15, 0.2) is 47.5 Å². The van der Waals surface area contributed by atoms with Crippen LogP contribution in [0.4, 0.5) is 5.82 Å². The van der Waals surface area contributed by atoms with E-state index in [0.29, 0.717) is 5.92 Å². The first-order valence-corrected chi connectivity index (χ1v) is 9.16. The molecular formula is C16H15N3O4S. The van der Waals surface area contributed by atoms with Crippen molar-refractivity contribution in [3.05, 3.63) is 63.8 Å². The van der Waals surface area contributed by atoms with E-state index in [4.69, 9.17) is 0 Å². The summed E-state index contributed by atoms with van der Waals surface area (Å²) in [5.41, 5.74) is 2.51. The fraction of sp³-hybridized carbons (Fsp3) is 0.312. The van der Waals surface area contributed by atoms with Crippen molar-refractivity contribution < 1.29 is 13.3 Å². The van der Waals surface area contributed by atoms with Crippen LogP contribution in [0, 0.1) is 16.0 Å².